The summed E-state index contributed by atoms with van der Waals surface area (Å²) in [5, 5.41) is 10.5. The molecule has 1 amide bonds. The summed E-state index contributed by atoms with van der Waals surface area (Å²) in [4.78, 5) is 11.9. The zero-order valence-electron chi connectivity index (χ0n) is 11.1. The van der Waals surface area contributed by atoms with Gasteiger partial charge in [0.05, 0.1) is 12.2 Å². The van der Waals surface area contributed by atoms with E-state index >= 15 is 0 Å². The largest absolute Gasteiger partial charge is 0.350 e. The topological polar surface area (TPSA) is 59.0 Å². The molecule has 2 atom stereocenters. The van der Waals surface area contributed by atoms with Crippen molar-refractivity contribution in [1.82, 2.24) is 20.4 Å². The van der Waals surface area contributed by atoms with E-state index in [1.807, 2.05) is 13.1 Å². The number of hydrogen-bond acceptors (Lipinski definition) is 3. The van der Waals surface area contributed by atoms with Gasteiger partial charge in [0, 0.05) is 25.7 Å². The van der Waals surface area contributed by atoms with Gasteiger partial charge in [0.1, 0.15) is 0 Å². The van der Waals surface area contributed by atoms with Crippen LogP contribution in [0.5, 0.6) is 0 Å². The van der Waals surface area contributed by atoms with Gasteiger partial charge in [-0.2, -0.15) is 5.10 Å². The first-order chi connectivity index (χ1) is 8.66. The minimum Gasteiger partial charge on any atom is -0.350 e. The lowest BCUT2D eigenvalue weighted by atomic mass is 9.90. The van der Waals surface area contributed by atoms with Crippen molar-refractivity contribution in [1.29, 1.82) is 0 Å². The number of piperidine rings is 1. The Hall–Kier alpha value is -1.36. The molecule has 0 radical (unpaired) electrons. The van der Waals surface area contributed by atoms with E-state index < -0.39 is 0 Å². The highest BCUT2D eigenvalue weighted by Crippen LogP contribution is 2.17. The summed E-state index contributed by atoms with van der Waals surface area (Å²) in [6.07, 6.45) is 4.74. The third-order valence-electron chi connectivity index (χ3n) is 3.72. The first-order valence-electron chi connectivity index (χ1n) is 6.64. The number of hydrogen-bond donors (Lipinski definition) is 2. The van der Waals surface area contributed by atoms with Crippen molar-refractivity contribution >= 4 is 5.91 Å². The van der Waals surface area contributed by atoms with Gasteiger partial charge in [-0.25, -0.2) is 0 Å². The molecule has 100 valence electrons. The molecule has 5 heteroatoms. The molecule has 2 heterocycles. The van der Waals surface area contributed by atoms with Crippen LogP contribution in [0.4, 0.5) is 0 Å². The van der Waals surface area contributed by atoms with Gasteiger partial charge in [0.15, 0.2) is 0 Å². The van der Waals surface area contributed by atoms with Crippen LogP contribution in [0.2, 0.25) is 0 Å². The lowest BCUT2D eigenvalue weighted by molar-refractivity contribution is -0.122. The molecule has 0 aromatic carbocycles. The molecule has 0 bridgehead atoms. The Kier molecular flexibility index (Phi) is 4.36. The molecule has 0 aliphatic carbocycles. The normalized spacial score (nSPS) is 23.9. The molecular weight excluding hydrogens is 228 g/mol. The van der Waals surface area contributed by atoms with E-state index in [9.17, 15) is 4.79 Å². The maximum absolute atomic E-state index is 11.9. The van der Waals surface area contributed by atoms with Crippen molar-refractivity contribution in [2.75, 3.05) is 6.54 Å². The fraction of sp³-hybridized carbons (Fsp3) is 0.692. The highest BCUT2D eigenvalue weighted by Gasteiger charge is 2.22. The van der Waals surface area contributed by atoms with Gasteiger partial charge >= 0.3 is 0 Å². The number of amides is 1. The van der Waals surface area contributed by atoms with E-state index in [1.165, 1.54) is 12.8 Å². The standard InChI is InChI=1S/C13H22N4O/c1-10-4-3-6-14-12(10)8-13(18)15-9-11-5-7-16-17(11)2/h5,7,10,12,14H,3-4,6,8-9H2,1-2H3,(H,15,18). The molecule has 1 aromatic rings. The summed E-state index contributed by atoms with van der Waals surface area (Å²) in [5.41, 5.74) is 1.02. The van der Waals surface area contributed by atoms with E-state index in [2.05, 4.69) is 22.7 Å². The van der Waals surface area contributed by atoms with Crippen molar-refractivity contribution in [3.05, 3.63) is 18.0 Å². The Morgan fingerprint density at radius 3 is 3.17 bits per heavy atom. The van der Waals surface area contributed by atoms with Gasteiger partial charge in [-0.3, -0.25) is 9.48 Å². The number of nitrogens with one attached hydrogen (secondary N) is 2. The van der Waals surface area contributed by atoms with Gasteiger partial charge < -0.3 is 10.6 Å². The van der Waals surface area contributed by atoms with Gasteiger partial charge in [-0.15, -0.1) is 0 Å². The molecular formula is C13H22N4O. The molecule has 2 N–H and O–H groups in total. The molecule has 1 fully saturated rings. The first kappa shape index (κ1) is 13.1. The lowest BCUT2D eigenvalue weighted by Gasteiger charge is -2.29. The number of aromatic nitrogens is 2. The Morgan fingerprint density at radius 1 is 1.67 bits per heavy atom. The molecule has 1 aliphatic rings. The predicted molar refractivity (Wildman–Crippen MR) is 69.9 cm³/mol. The summed E-state index contributed by atoms with van der Waals surface area (Å²) in [5.74, 6) is 0.698. The summed E-state index contributed by atoms with van der Waals surface area (Å²) < 4.78 is 1.78. The average Bonchev–Trinajstić information content (AvgIpc) is 2.75. The van der Waals surface area contributed by atoms with Crippen LogP contribution in [0.3, 0.4) is 0 Å². The Labute approximate surface area is 108 Å². The SMILES string of the molecule is CC1CCCNC1CC(=O)NCc1ccnn1C. The van der Waals surface area contributed by atoms with Crippen molar-refractivity contribution in [3.63, 3.8) is 0 Å². The summed E-state index contributed by atoms with van der Waals surface area (Å²) in [6.45, 7) is 3.80. The number of aryl methyl sites for hydroxylation is 1. The van der Waals surface area contributed by atoms with E-state index in [0.717, 1.165) is 12.2 Å². The monoisotopic (exact) mass is 250 g/mol. The summed E-state index contributed by atoms with van der Waals surface area (Å²) >= 11 is 0. The first-order valence-corrected chi connectivity index (χ1v) is 6.64. The van der Waals surface area contributed by atoms with Crippen LogP contribution in [0.15, 0.2) is 12.3 Å². The third-order valence-corrected chi connectivity index (χ3v) is 3.72. The van der Waals surface area contributed by atoms with Crippen molar-refractivity contribution < 1.29 is 4.79 Å². The highest BCUT2D eigenvalue weighted by atomic mass is 16.1. The predicted octanol–water partition coefficient (Wildman–Crippen LogP) is 0.814. The second-order valence-electron chi connectivity index (χ2n) is 5.11. The number of nitrogens with zero attached hydrogens (tertiary/aromatic N) is 2. The van der Waals surface area contributed by atoms with E-state index in [-0.39, 0.29) is 5.91 Å². The molecule has 1 aromatic heterocycles. The Bertz CT molecular complexity index is 401. The van der Waals surface area contributed by atoms with Crippen LogP contribution >= 0.6 is 0 Å². The minimum absolute atomic E-state index is 0.113. The summed E-state index contributed by atoms with van der Waals surface area (Å²) in [7, 11) is 1.88. The number of rotatable bonds is 4. The third kappa shape index (κ3) is 3.32. The molecule has 2 rings (SSSR count). The Morgan fingerprint density at radius 2 is 2.50 bits per heavy atom. The molecule has 18 heavy (non-hydrogen) atoms. The lowest BCUT2D eigenvalue weighted by Crippen LogP contribution is -2.43. The van der Waals surface area contributed by atoms with E-state index in [1.54, 1.807) is 10.9 Å². The highest BCUT2D eigenvalue weighted by molar-refractivity contribution is 5.76. The van der Waals surface area contributed by atoms with Crippen LogP contribution in [-0.2, 0) is 18.4 Å². The second-order valence-corrected chi connectivity index (χ2v) is 5.11. The quantitative estimate of drug-likeness (QED) is 0.831. The molecule has 1 saturated heterocycles. The van der Waals surface area contributed by atoms with Crippen LogP contribution < -0.4 is 10.6 Å². The maximum Gasteiger partial charge on any atom is 0.221 e. The minimum atomic E-state index is 0.113. The fourth-order valence-corrected chi connectivity index (χ4v) is 2.42. The van der Waals surface area contributed by atoms with Crippen molar-refractivity contribution in [3.8, 4) is 0 Å². The van der Waals surface area contributed by atoms with Gasteiger partial charge in [-0.05, 0) is 31.4 Å². The van der Waals surface area contributed by atoms with E-state index in [4.69, 9.17) is 0 Å². The smallest absolute Gasteiger partial charge is 0.221 e. The van der Waals surface area contributed by atoms with Crippen LogP contribution in [0.25, 0.3) is 0 Å². The fourth-order valence-electron chi connectivity index (χ4n) is 2.42. The van der Waals surface area contributed by atoms with Gasteiger partial charge in [0.2, 0.25) is 5.91 Å². The average molecular weight is 250 g/mol. The van der Waals surface area contributed by atoms with E-state index in [0.29, 0.717) is 24.9 Å². The van der Waals surface area contributed by atoms with Gasteiger partial charge in [-0.1, -0.05) is 6.92 Å². The van der Waals surface area contributed by atoms with Gasteiger partial charge in [0.25, 0.3) is 0 Å². The molecule has 1 aliphatic heterocycles. The van der Waals surface area contributed by atoms with Crippen molar-refractivity contribution in [2.24, 2.45) is 13.0 Å². The molecule has 0 saturated carbocycles. The van der Waals surface area contributed by atoms with Crippen LogP contribution in [0.1, 0.15) is 31.9 Å². The van der Waals surface area contributed by atoms with Crippen LogP contribution in [0, 0.1) is 5.92 Å². The number of carbonyl (C=O) groups excluding carboxylic acids is 1. The van der Waals surface area contributed by atoms with Crippen LogP contribution in [-0.4, -0.2) is 28.3 Å². The Balaban J connectivity index is 1.76. The number of carbonyl (C=O) groups is 1. The second kappa shape index (κ2) is 6.00. The molecule has 2 unspecified atom stereocenters. The zero-order chi connectivity index (χ0) is 13.0. The maximum atomic E-state index is 11.9. The van der Waals surface area contributed by atoms with Crippen molar-refractivity contribution in [2.45, 2.75) is 38.8 Å². The molecule has 5 nitrogen and oxygen atoms in total. The summed E-state index contributed by atoms with van der Waals surface area (Å²) in [6, 6.07) is 2.24. The zero-order valence-corrected chi connectivity index (χ0v) is 11.1. The molecule has 0 spiro atoms.